The molecule has 0 radical (unpaired) electrons. The summed E-state index contributed by atoms with van der Waals surface area (Å²) in [5, 5.41) is 10.1. The Morgan fingerprint density at radius 2 is 1.55 bits per heavy atom. The standard InChI is InChI=1S/C18H15NO/c1-13-9-10-18(20)16(12-13)14-6-2-3-7-15(14)17-8-4-5-11-19-17/h2-12,20H,1H3. The minimum Gasteiger partial charge on any atom is -0.507 e. The first kappa shape index (κ1) is 12.4. The number of rotatable bonds is 2. The summed E-state index contributed by atoms with van der Waals surface area (Å²) in [6.07, 6.45) is 1.78. The molecule has 2 nitrogen and oxygen atoms in total. The molecule has 2 aromatic carbocycles. The van der Waals surface area contributed by atoms with Gasteiger partial charge < -0.3 is 5.11 Å². The number of phenols is 1. The molecule has 0 aliphatic rings. The first-order chi connectivity index (χ1) is 9.75. The molecule has 20 heavy (non-hydrogen) atoms. The van der Waals surface area contributed by atoms with Gasteiger partial charge in [-0.15, -0.1) is 0 Å². The smallest absolute Gasteiger partial charge is 0.123 e. The van der Waals surface area contributed by atoms with E-state index in [9.17, 15) is 5.11 Å². The Kier molecular flexibility index (Phi) is 3.21. The van der Waals surface area contributed by atoms with E-state index < -0.39 is 0 Å². The van der Waals surface area contributed by atoms with Crippen LogP contribution < -0.4 is 0 Å². The van der Waals surface area contributed by atoms with Crippen LogP contribution in [0.2, 0.25) is 0 Å². The SMILES string of the molecule is Cc1ccc(O)c(-c2ccccc2-c2ccccn2)c1. The molecule has 1 heterocycles. The molecule has 0 unspecified atom stereocenters. The molecule has 0 atom stereocenters. The molecule has 98 valence electrons. The highest BCUT2D eigenvalue weighted by Crippen LogP contribution is 2.36. The Hall–Kier alpha value is -2.61. The number of pyridine rings is 1. The van der Waals surface area contributed by atoms with Gasteiger partial charge in [0.2, 0.25) is 0 Å². The van der Waals surface area contributed by atoms with Crippen LogP contribution in [0.5, 0.6) is 5.75 Å². The first-order valence-electron chi connectivity index (χ1n) is 6.56. The van der Waals surface area contributed by atoms with E-state index in [2.05, 4.69) is 4.98 Å². The number of hydrogen-bond acceptors (Lipinski definition) is 2. The number of nitrogens with zero attached hydrogens (tertiary/aromatic N) is 1. The van der Waals surface area contributed by atoms with Gasteiger partial charge >= 0.3 is 0 Å². The van der Waals surface area contributed by atoms with E-state index >= 15 is 0 Å². The van der Waals surface area contributed by atoms with E-state index in [-0.39, 0.29) is 0 Å². The van der Waals surface area contributed by atoms with Crippen molar-refractivity contribution in [3.8, 4) is 28.1 Å². The Morgan fingerprint density at radius 1 is 0.800 bits per heavy atom. The van der Waals surface area contributed by atoms with Crippen LogP contribution in [-0.4, -0.2) is 10.1 Å². The summed E-state index contributed by atoms with van der Waals surface area (Å²) in [6, 6.07) is 19.5. The predicted octanol–water partition coefficient (Wildman–Crippen LogP) is 4.43. The number of benzene rings is 2. The minimum atomic E-state index is 0.291. The summed E-state index contributed by atoms with van der Waals surface area (Å²) < 4.78 is 0. The van der Waals surface area contributed by atoms with Crippen LogP contribution in [0.1, 0.15) is 5.56 Å². The molecule has 3 aromatic rings. The zero-order valence-corrected chi connectivity index (χ0v) is 11.2. The van der Waals surface area contributed by atoms with Gasteiger partial charge in [-0.25, -0.2) is 0 Å². The Morgan fingerprint density at radius 3 is 2.30 bits per heavy atom. The number of aryl methyl sites for hydroxylation is 1. The molecule has 0 aliphatic carbocycles. The first-order valence-corrected chi connectivity index (χ1v) is 6.56. The van der Waals surface area contributed by atoms with E-state index in [0.717, 1.165) is 27.9 Å². The molecule has 0 amide bonds. The maximum Gasteiger partial charge on any atom is 0.123 e. The van der Waals surface area contributed by atoms with Gasteiger partial charge in [0.05, 0.1) is 5.69 Å². The second-order valence-corrected chi connectivity index (χ2v) is 4.78. The van der Waals surface area contributed by atoms with Gasteiger partial charge in [-0.3, -0.25) is 4.98 Å². The van der Waals surface area contributed by atoms with E-state index in [0.29, 0.717) is 5.75 Å². The van der Waals surface area contributed by atoms with Crippen molar-refractivity contribution < 1.29 is 5.11 Å². The molecule has 0 fully saturated rings. The lowest BCUT2D eigenvalue weighted by Crippen LogP contribution is -1.88. The van der Waals surface area contributed by atoms with Crippen LogP contribution in [0, 0.1) is 6.92 Å². The molecule has 1 N–H and O–H groups in total. The highest BCUT2D eigenvalue weighted by Gasteiger charge is 2.11. The van der Waals surface area contributed by atoms with Crippen molar-refractivity contribution in [1.29, 1.82) is 0 Å². The number of aromatic nitrogens is 1. The quantitative estimate of drug-likeness (QED) is 0.740. The average molecular weight is 261 g/mol. The van der Waals surface area contributed by atoms with Gasteiger partial charge in [-0.2, -0.15) is 0 Å². The van der Waals surface area contributed by atoms with Gasteiger partial charge in [0.25, 0.3) is 0 Å². The van der Waals surface area contributed by atoms with Crippen molar-refractivity contribution in [3.05, 3.63) is 72.4 Å². The van der Waals surface area contributed by atoms with E-state index in [1.54, 1.807) is 12.3 Å². The van der Waals surface area contributed by atoms with Crippen LogP contribution >= 0.6 is 0 Å². The number of phenolic OH excluding ortho intramolecular Hbond substituents is 1. The summed E-state index contributed by atoms with van der Waals surface area (Å²) in [6.45, 7) is 2.02. The zero-order valence-electron chi connectivity index (χ0n) is 11.2. The summed E-state index contributed by atoms with van der Waals surface area (Å²) in [5.41, 5.74) is 4.88. The second kappa shape index (κ2) is 5.17. The van der Waals surface area contributed by atoms with E-state index in [1.807, 2.05) is 61.5 Å². The van der Waals surface area contributed by atoms with Gasteiger partial charge in [-0.1, -0.05) is 42.0 Å². The lowest BCUT2D eigenvalue weighted by Gasteiger charge is -2.11. The lowest BCUT2D eigenvalue weighted by atomic mass is 9.95. The van der Waals surface area contributed by atoms with Crippen LogP contribution in [0.15, 0.2) is 66.9 Å². The second-order valence-electron chi connectivity index (χ2n) is 4.78. The van der Waals surface area contributed by atoms with Crippen LogP contribution in [0.4, 0.5) is 0 Å². The van der Waals surface area contributed by atoms with E-state index in [4.69, 9.17) is 0 Å². The fourth-order valence-corrected chi connectivity index (χ4v) is 2.33. The molecule has 0 saturated carbocycles. The monoisotopic (exact) mass is 261 g/mol. The minimum absolute atomic E-state index is 0.291. The molecular weight excluding hydrogens is 246 g/mol. The Bertz CT molecular complexity index is 735. The highest BCUT2D eigenvalue weighted by molar-refractivity contribution is 5.84. The number of aromatic hydroxyl groups is 1. The van der Waals surface area contributed by atoms with Crippen molar-refractivity contribution in [2.75, 3.05) is 0 Å². The molecule has 2 heteroatoms. The fourth-order valence-electron chi connectivity index (χ4n) is 2.33. The molecule has 0 bridgehead atoms. The van der Waals surface area contributed by atoms with Gasteiger partial charge in [0, 0.05) is 17.3 Å². The molecule has 3 rings (SSSR count). The van der Waals surface area contributed by atoms with Crippen LogP contribution in [0.3, 0.4) is 0 Å². The van der Waals surface area contributed by atoms with Gasteiger partial charge in [0.15, 0.2) is 0 Å². The molecule has 0 aliphatic heterocycles. The maximum absolute atomic E-state index is 10.1. The average Bonchev–Trinajstić information content (AvgIpc) is 2.51. The largest absolute Gasteiger partial charge is 0.507 e. The van der Waals surface area contributed by atoms with Crippen molar-refractivity contribution in [3.63, 3.8) is 0 Å². The van der Waals surface area contributed by atoms with E-state index in [1.165, 1.54) is 0 Å². The van der Waals surface area contributed by atoms with Crippen molar-refractivity contribution >= 4 is 0 Å². The summed E-state index contributed by atoms with van der Waals surface area (Å²) in [5.74, 6) is 0.291. The normalized spacial score (nSPS) is 10.4. The molecule has 1 aromatic heterocycles. The molecule has 0 saturated heterocycles. The summed E-state index contributed by atoms with van der Waals surface area (Å²) >= 11 is 0. The third-order valence-corrected chi connectivity index (χ3v) is 3.31. The van der Waals surface area contributed by atoms with Gasteiger partial charge in [0.1, 0.15) is 5.75 Å². The summed E-state index contributed by atoms with van der Waals surface area (Å²) in [7, 11) is 0. The lowest BCUT2D eigenvalue weighted by molar-refractivity contribution is 0.477. The van der Waals surface area contributed by atoms with Gasteiger partial charge in [-0.05, 0) is 36.8 Å². The summed E-state index contributed by atoms with van der Waals surface area (Å²) in [4.78, 5) is 4.41. The van der Waals surface area contributed by atoms with Crippen molar-refractivity contribution in [2.24, 2.45) is 0 Å². The third kappa shape index (κ3) is 2.28. The van der Waals surface area contributed by atoms with Crippen molar-refractivity contribution in [1.82, 2.24) is 4.98 Å². The molecular formula is C18H15NO. The van der Waals surface area contributed by atoms with Crippen LogP contribution in [0.25, 0.3) is 22.4 Å². The predicted molar refractivity (Wildman–Crippen MR) is 81.5 cm³/mol. The molecule has 0 spiro atoms. The fraction of sp³-hybridized carbons (Fsp3) is 0.0556. The Balaban J connectivity index is 2.23. The van der Waals surface area contributed by atoms with Crippen molar-refractivity contribution in [2.45, 2.75) is 6.92 Å². The Labute approximate surface area is 118 Å². The number of hydrogen-bond donors (Lipinski definition) is 1. The topological polar surface area (TPSA) is 33.1 Å². The highest BCUT2D eigenvalue weighted by atomic mass is 16.3. The zero-order chi connectivity index (χ0) is 13.9. The maximum atomic E-state index is 10.1. The third-order valence-electron chi connectivity index (χ3n) is 3.31. The van der Waals surface area contributed by atoms with Crippen LogP contribution in [-0.2, 0) is 0 Å².